The van der Waals surface area contributed by atoms with Crippen molar-refractivity contribution in [3.05, 3.63) is 28.7 Å². The van der Waals surface area contributed by atoms with Gasteiger partial charge in [-0.05, 0) is 0 Å². The predicted octanol–water partition coefficient (Wildman–Crippen LogP) is 3.84. The molecule has 0 bridgehead atoms. The van der Waals surface area contributed by atoms with Crippen molar-refractivity contribution in [1.29, 1.82) is 0 Å². The molecule has 3 heteroatoms. The fourth-order valence-electron chi connectivity index (χ4n) is 1.30. The van der Waals surface area contributed by atoms with E-state index in [1.165, 1.54) is 14.8 Å². The Morgan fingerprint density at radius 2 is 1.62 bits per heavy atom. The molecule has 0 saturated heterocycles. The van der Waals surface area contributed by atoms with Gasteiger partial charge in [0, 0.05) is 0 Å². The van der Waals surface area contributed by atoms with Crippen LogP contribution in [-0.4, -0.2) is 11.9 Å². The van der Waals surface area contributed by atoms with E-state index in [0.29, 0.717) is 0 Å². The van der Waals surface area contributed by atoms with Crippen LogP contribution in [0.2, 0.25) is 10.4 Å². The predicted molar refractivity (Wildman–Crippen MR) is 68.1 cm³/mol. The zero-order valence-electron chi connectivity index (χ0n) is 7.96. The van der Waals surface area contributed by atoms with E-state index in [4.69, 9.17) is 10.4 Å². The van der Waals surface area contributed by atoms with Crippen LogP contribution < -0.4 is 4.35 Å². The number of halogens is 1. The molecule has 0 amide bonds. The summed E-state index contributed by atoms with van der Waals surface area (Å²) < 4.78 is 2.57. The molecule has 0 aliphatic heterocycles. The molecule has 0 saturated carbocycles. The van der Waals surface area contributed by atoms with Crippen LogP contribution >= 0.6 is 26.3 Å². The molecular weight excluding hydrogens is 307 g/mol. The maximum absolute atomic E-state index is 5.77. The van der Waals surface area contributed by atoms with Crippen molar-refractivity contribution >= 4 is 42.6 Å². The third kappa shape index (κ3) is 2.71. The molecule has 0 radical (unpaired) electrons. The third-order valence-corrected chi connectivity index (χ3v) is 13.5. The second kappa shape index (κ2) is 4.81. The van der Waals surface area contributed by atoms with Crippen LogP contribution in [0.4, 0.5) is 0 Å². The monoisotopic (exact) mass is 320 g/mol. The average molecular weight is 321 g/mol. The van der Waals surface area contributed by atoms with Crippen molar-refractivity contribution in [1.82, 2.24) is 0 Å². The fraction of sp³-hybridized carbons (Fsp3) is 0.400. The van der Waals surface area contributed by atoms with E-state index in [9.17, 15) is 0 Å². The first-order valence-corrected chi connectivity index (χ1v) is 11.5. The topological polar surface area (TPSA) is 0 Å². The second-order valence-corrected chi connectivity index (χ2v) is 15.0. The van der Waals surface area contributed by atoms with Crippen LogP contribution in [0.3, 0.4) is 0 Å². The van der Waals surface area contributed by atoms with Gasteiger partial charge in [-0.3, -0.25) is 0 Å². The molecule has 0 nitrogen and oxygen atoms in total. The van der Waals surface area contributed by atoms with Gasteiger partial charge in [-0.15, -0.1) is 0 Å². The van der Waals surface area contributed by atoms with E-state index in [1.54, 1.807) is 0 Å². The molecule has 0 N–H and O–H groups in total. The first-order chi connectivity index (χ1) is 6.12. The molecule has 13 heavy (non-hydrogen) atoms. The molecule has 0 heterocycles. The maximum atomic E-state index is 5.77. The molecule has 1 aromatic carbocycles. The molecule has 0 fully saturated rings. The normalized spacial score (nSPS) is 11.6. The van der Waals surface area contributed by atoms with Crippen LogP contribution in [0.1, 0.15) is 13.8 Å². The Morgan fingerprint density at radius 1 is 1.15 bits per heavy atom. The molecule has 1 rings (SSSR count). The van der Waals surface area contributed by atoms with Crippen LogP contribution in [0.15, 0.2) is 28.7 Å². The van der Waals surface area contributed by atoms with E-state index in [-0.39, 0.29) is 0 Å². The van der Waals surface area contributed by atoms with Gasteiger partial charge in [0.25, 0.3) is 0 Å². The molecule has 0 aromatic heterocycles. The van der Waals surface area contributed by atoms with E-state index in [0.717, 1.165) is 4.47 Å². The Hall–Kier alpha value is 0.478. The van der Waals surface area contributed by atoms with Crippen molar-refractivity contribution in [2.75, 3.05) is 0 Å². The zero-order chi connectivity index (χ0) is 9.90. The Bertz CT molecular complexity index is 310. The van der Waals surface area contributed by atoms with Crippen molar-refractivity contribution in [3.63, 3.8) is 0 Å². The van der Waals surface area contributed by atoms with Gasteiger partial charge >= 0.3 is 95.6 Å². The number of rotatable bonds is 3. The zero-order valence-corrected chi connectivity index (χ0v) is 12.2. The second-order valence-electron chi connectivity index (χ2n) is 3.00. The summed E-state index contributed by atoms with van der Waals surface area (Å²) in [5, 5.41) is 2.37. The quantitative estimate of drug-likeness (QED) is 0.762. The Labute approximate surface area is 95.1 Å². The summed E-state index contributed by atoms with van der Waals surface area (Å²) in [7, 11) is 5.77. The summed E-state index contributed by atoms with van der Waals surface area (Å²) in [6, 6.07) is 8.58. The van der Waals surface area contributed by atoms with Gasteiger partial charge in [0.1, 0.15) is 0 Å². The summed E-state index contributed by atoms with van der Waals surface area (Å²) in [5.74, 6) is 0. The van der Waals surface area contributed by atoms with Crippen LogP contribution in [0.25, 0.3) is 0 Å². The van der Waals surface area contributed by atoms with E-state index in [1.807, 2.05) is 0 Å². The van der Waals surface area contributed by atoms with Crippen LogP contribution in [0.5, 0.6) is 0 Å². The molecule has 0 spiro atoms. The average Bonchev–Trinajstić information content (AvgIpc) is 2.18. The van der Waals surface area contributed by atoms with E-state index < -0.39 is 11.9 Å². The van der Waals surface area contributed by atoms with Gasteiger partial charge in [0.05, 0.1) is 0 Å². The Kier molecular flexibility index (Phi) is 4.28. The SMILES string of the molecule is CC[As](=S)(CC)c1ccc(Br)cc1. The third-order valence-electron chi connectivity index (χ3n) is 2.32. The van der Waals surface area contributed by atoms with Crippen molar-refractivity contribution < 1.29 is 0 Å². The van der Waals surface area contributed by atoms with E-state index >= 15 is 0 Å². The summed E-state index contributed by atoms with van der Waals surface area (Å²) in [6.07, 6.45) is 0. The minimum atomic E-state index is -1.88. The van der Waals surface area contributed by atoms with Gasteiger partial charge < -0.3 is 0 Å². The number of benzene rings is 1. The van der Waals surface area contributed by atoms with Gasteiger partial charge in [-0.1, -0.05) is 0 Å². The fourth-order valence-corrected chi connectivity index (χ4v) is 6.12. The van der Waals surface area contributed by atoms with Crippen LogP contribution in [-0.2, 0) is 0 Å². The summed E-state index contributed by atoms with van der Waals surface area (Å²) in [5.41, 5.74) is 0. The number of hydrogen-bond acceptors (Lipinski definition) is 1. The molecule has 72 valence electrons. The molecule has 0 aliphatic rings. The molecule has 0 unspecified atom stereocenters. The summed E-state index contributed by atoms with van der Waals surface area (Å²) >= 11 is 1.56. The van der Waals surface area contributed by atoms with E-state index in [2.05, 4.69) is 54.0 Å². The van der Waals surface area contributed by atoms with Gasteiger partial charge in [-0.2, -0.15) is 0 Å². The van der Waals surface area contributed by atoms with Crippen molar-refractivity contribution in [2.45, 2.75) is 24.3 Å². The Balaban J connectivity index is 3.07. The van der Waals surface area contributed by atoms with Crippen molar-refractivity contribution in [3.8, 4) is 0 Å². The van der Waals surface area contributed by atoms with Gasteiger partial charge in [0.2, 0.25) is 0 Å². The van der Waals surface area contributed by atoms with Crippen molar-refractivity contribution in [2.24, 2.45) is 0 Å². The molecular formula is C10H14AsBrS. The first-order valence-electron chi connectivity index (χ1n) is 4.46. The molecule has 0 atom stereocenters. The summed E-state index contributed by atoms with van der Waals surface area (Å²) in [4.78, 5) is 0. The van der Waals surface area contributed by atoms with Gasteiger partial charge in [-0.25, -0.2) is 0 Å². The number of hydrogen-bond donors (Lipinski definition) is 0. The standard InChI is InChI=1S/C10H14AsBrS/c1-3-11(13,4-2)9-5-7-10(12)8-6-9/h5-8H,3-4H2,1-2H3. The van der Waals surface area contributed by atoms with Crippen LogP contribution in [0, 0.1) is 0 Å². The Morgan fingerprint density at radius 3 is 2.00 bits per heavy atom. The minimum absolute atomic E-state index is 1.14. The molecule has 1 aromatic rings. The summed E-state index contributed by atoms with van der Waals surface area (Å²) in [6.45, 7) is 4.46. The molecule has 0 aliphatic carbocycles. The van der Waals surface area contributed by atoms with Gasteiger partial charge in [0.15, 0.2) is 0 Å². The first kappa shape index (κ1) is 11.6.